The highest BCUT2D eigenvalue weighted by Gasteiger charge is 2.14. The maximum absolute atomic E-state index is 12.3. The van der Waals surface area contributed by atoms with Crippen molar-refractivity contribution in [1.29, 1.82) is 0 Å². The topological polar surface area (TPSA) is 66.9 Å². The van der Waals surface area contributed by atoms with Crippen LogP contribution in [0.1, 0.15) is 48.9 Å². The van der Waals surface area contributed by atoms with Crippen molar-refractivity contribution in [3.63, 3.8) is 0 Å². The van der Waals surface area contributed by atoms with Crippen molar-refractivity contribution < 1.29 is 4.79 Å². The fourth-order valence-electron chi connectivity index (χ4n) is 3.42. The van der Waals surface area contributed by atoms with E-state index in [0.29, 0.717) is 27.8 Å². The van der Waals surface area contributed by atoms with Crippen LogP contribution < -0.4 is 10.9 Å². The van der Waals surface area contributed by atoms with Crippen LogP contribution in [0.4, 0.5) is 0 Å². The van der Waals surface area contributed by atoms with Gasteiger partial charge in [-0.1, -0.05) is 32.1 Å². The van der Waals surface area contributed by atoms with Gasteiger partial charge >= 0.3 is 0 Å². The van der Waals surface area contributed by atoms with Gasteiger partial charge in [-0.15, -0.1) is 0 Å². The lowest BCUT2D eigenvalue weighted by atomic mass is 9.87. The number of fused-ring (bicyclic) bond motifs is 1. The van der Waals surface area contributed by atoms with Gasteiger partial charge in [-0.3, -0.25) is 14.2 Å². The molecule has 2 N–H and O–H groups in total. The average Bonchev–Trinajstić information content (AvgIpc) is 2.60. The summed E-state index contributed by atoms with van der Waals surface area (Å²) < 4.78 is 1.74. The number of hydrogen-bond donors (Lipinski definition) is 2. The number of aromatic nitrogens is 2. The van der Waals surface area contributed by atoms with Crippen LogP contribution >= 0.6 is 12.2 Å². The number of nitrogens with zero attached hydrogens (tertiary/aromatic N) is 1. The van der Waals surface area contributed by atoms with E-state index in [4.69, 9.17) is 12.2 Å². The molecule has 5 nitrogen and oxygen atoms in total. The van der Waals surface area contributed by atoms with Crippen LogP contribution in [0.5, 0.6) is 0 Å². The summed E-state index contributed by atoms with van der Waals surface area (Å²) in [5.41, 5.74) is 0.992. The number of hydrogen-bond acceptors (Lipinski definition) is 3. The molecular weight excluding hydrogens is 322 g/mol. The Labute approximate surface area is 146 Å². The van der Waals surface area contributed by atoms with Crippen molar-refractivity contribution in [2.45, 2.75) is 38.5 Å². The summed E-state index contributed by atoms with van der Waals surface area (Å²) in [7, 11) is 1.63. The van der Waals surface area contributed by atoms with Crippen molar-refractivity contribution in [2.75, 3.05) is 6.54 Å². The van der Waals surface area contributed by atoms with Gasteiger partial charge in [0.05, 0.1) is 10.9 Å². The van der Waals surface area contributed by atoms with Crippen molar-refractivity contribution in [3.8, 4) is 0 Å². The van der Waals surface area contributed by atoms with Crippen LogP contribution in [0.15, 0.2) is 23.0 Å². The van der Waals surface area contributed by atoms with Crippen LogP contribution in [0.2, 0.25) is 0 Å². The van der Waals surface area contributed by atoms with Gasteiger partial charge in [-0.2, -0.15) is 0 Å². The SMILES string of the molecule is Cn1c(=S)[nH]c2cc(C(=O)NCCC3CCCCC3)ccc2c1=O. The van der Waals surface area contributed by atoms with Gasteiger partial charge in [0.1, 0.15) is 0 Å². The first-order valence-corrected chi connectivity index (χ1v) is 8.98. The molecule has 24 heavy (non-hydrogen) atoms. The summed E-state index contributed by atoms with van der Waals surface area (Å²) in [6.45, 7) is 0.702. The number of nitrogens with one attached hydrogen (secondary N) is 2. The van der Waals surface area contributed by atoms with Gasteiger partial charge < -0.3 is 10.3 Å². The first kappa shape index (κ1) is 16.9. The van der Waals surface area contributed by atoms with Crippen molar-refractivity contribution in [3.05, 3.63) is 38.9 Å². The van der Waals surface area contributed by atoms with E-state index in [1.54, 1.807) is 25.2 Å². The molecular formula is C18H23N3O2S. The van der Waals surface area contributed by atoms with E-state index < -0.39 is 0 Å². The Kier molecular flexibility index (Phi) is 5.14. The van der Waals surface area contributed by atoms with Crippen LogP contribution in [-0.4, -0.2) is 22.0 Å². The lowest BCUT2D eigenvalue weighted by molar-refractivity contribution is 0.0950. The first-order valence-electron chi connectivity index (χ1n) is 8.57. The molecule has 1 heterocycles. The Bertz CT molecular complexity index is 863. The Morgan fingerprint density at radius 1 is 1.33 bits per heavy atom. The zero-order chi connectivity index (χ0) is 17.1. The van der Waals surface area contributed by atoms with E-state index in [0.717, 1.165) is 12.3 Å². The summed E-state index contributed by atoms with van der Waals surface area (Å²) in [6, 6.07) is 5.07. The highest BCUT2D eigenvalue weighted by molar-refractivity contribution is 7.71. The number of carbonyl (C=O) groups excluding carboxylic acids is 1. The zero-order valence-corrected chi connectivity index (χ0v) is 14.7. The molecule has 1 amide bonds. The molecule has 128 valence electrons. The molecule has 0 saturated heterocycles. The van der Waals surface area contributed by atoms with Crippen molar-refractivity contribution >= 4 is 29.0 Å². The Balaban J connectivity index is 1.69. The van der Waals surface area contributed by atoms with E-state index >= 15 is 0 Å². The monoisotopic (exact) mass is 345 g/mol. The molecule has 1 aliphatic carbocycles. The third kappa shape index (κ3) is 3.59. The average molecular weight is 345 g/mol. The highest BCUT2D eigenvalue weighted by atomic mass is 32.1. The van der Waals surface area contributed by atoms with Gasteiger partial charge in [-0.25, -0.2) is 0 Å². The molecule has 0 bridgehead atoms. The summed E-state index contributed by atoms with van der Waals surface area (Å²) >= 11 is 5.13. The number of carbonyl (C=O) groups is 1. The van der Waals surface area contributed by atoms with Crippen LogP contribution in [0, 0.1) is 10.7 Å². The summed E-state index contributed by atoms with van der Waals surface area (Å²) in [4.78, 5) is 27.5. The molecule has 6 heteroatoms. The summed E-state index contributed by atoms with van der Waals surface area (Å²) in [5, 5.41) is 3.52. The Morgan fingerprint density at radius 3 is 2.83 bits per heavy atom. The third-order valence-electron chi connectivity index (χ3n) is 4.93. The predicted octanol–water partition coefficient (Wildman–Crippen LogP) is 3.30. The van der Waals surface area contributed by atoms with E-state index in [1.807, 2.05) is 0 Å². The molecule has 0 aliphatic heterocycles. The van der Waals surface area contributed by atoms with Gasteiger partial charge in [0, 0.05) is 19.2 Å². The second kappa shape index (κ2) is 7.30. The first-order chi connectivity index (χ1) is 11.6. The molecule has 0 spiro atoms. The number of amides is 1. The molecule has 0 radical (unpaired) electrons. The van der Waals surface area contributed by atoms with Crippen LogP contribution in [-0.2, 0) is 7.05 Å². The maximum atomic E-state index is 12.3. The lowest BCUT2D eigenvalue weighted by Crippen LogP contribution is -2.26. The molecule has 2 aromatic rings. The minimum absolute atomic E-state index is 0.104. The van der Waals surface area contributed by atoms with Crippen molar-refractivity contribution in [2.24, 2.45) is 13.0 Å². The van der Waals surface area contributed by atoms with Crippen LogP contribution in [0.3, 0.4) is 0 Å². The molecule has 0 atom stereocenters. The molecule has 1 aliphatic rings. The minimum Gasteiger partial charge on any atom is -0.352 e. The van der Waals surface area contributed by atoms with Gasteiger partial charge in [0.2, 0.25) is 0 Å². The third-order valence-corrected chi connectivity index (χ3v) is 5.30. The van der Waals surface area contributed by atoms with E-state index in [-0.39, 0.29) is 11.5 Å². The largest absolute Gasteiger partial charge is 0.352 e. The van der Waals surface area contributed by atoms with Gasteiger partial charge in [0.25, 0.3) is 11.5 Å². The normalized spacial score (nSPS) is 15.5. The molecule has 1 aromatic carbocycles. The lowest BCUT2D eigenvalue weighted by Gasteiger charge is -2.21. The highest BCUT2D eigenvalue weighted by Crippen LogP contribution is 2.25. The maximum Gasteiger partial charge on any atom is 0.261 e. The Morgan fingerprint density at radius 2 is 2.08 bits per heavy atom. The second-order valence-electron chi connectivity index (χ2n) is 6.60. The zero-order valence-electron chi connectivity index (χ0n) is 13.9. The molecule has 1 saturated carbocycles. The molecule has 1 aromatic heterocycles. The standard InChI is InChI=1S/C18H23N3O2S/c1-21-17(23)14-8-7-13(11-15(14)20-18(21)24)16(22)19-10-9-12-5-3-2-4-6-12/h7-8,11-12H,2-6,9-10H2,1H3,(H,19,22)(H,20,24). The van der Waals surface area contributed by atoms with E-state index in [1.165, 1.54) is 36.7 Å². The van der Waals surface area contributed by atoms with E-state index in [9.17, 15) is 9.59 Å². The van der Waals surface area contributed by atoms with Crippen LogP contribution in [0.25, 0.3) is 10.9 Å². The predicted molar refractivity (Wildman–Crippen MR) is 97.9 cm³/mol. The molecule has 3 rings (SSSR count). The second-order valence-corrected chi connectivity index (χ2v) is 6.99. The number of aromatic amines is 1. The summed E-state index contributed by atoms with van der Waals surface area (Å²) in [5.74, 6) is 0.641. The smallest absolute Gasteiger partial charge is 0.261 e. The fourth-order valence-corrected chi connectivity index (χ4v) is 3.61. The molecule has 0 unspecified atom stereocenters. The van der Waals surface area contributed by atoms with Crippen molar-refractivity contribution in [1.82, 2.24) is 14.9 Å². The van der Waals surface area contributed by atoms with Gasteiger partial charge in [0.15, 0.2) is 4.77 Å². The number of H-pyrrole nitrogens is 1. The summed E-state index contributed by atoms with van der Waals surface area (Å²) in [6.07, 6.45) is 7.59. The Hall–Kier alpha value is -1.95. The quantitative estimate of drug-likeness (QED) is 0.836. The van der Waals surface area contributed by atoms with Gasteiger partial charge in [-0.05, 0) is 42.8 Å². The van der Waals surface area contributed by atoms with E-state index in [2.05, 4.69) is 10.3 Å². The molecule has 1 fully saturated rings. The number of benzene rings is 1. The minimum atomic E-state index is -0.155. The fraction of sp³-hybridized carbons (Fsp3) is 0.500. The number of rotatable bonds is 4.